The largest absolute Gasteiger partial charge is 0.494 e. The van der Waals surface area contributed by atoms with Gasteiger partial charge in [-0.1, -0.05) is 218 Å². The summed E-state index contributed by atoms with van der Waals surface area (Å²) in [4.78, 5) is 27.3. The topological polar surface area (TPSA) is 151 Å². The van der Waals surface area contributed by atoms with Crippen molar-refractivity contribution in [1.29, 1.82) is 0 Å². The molecule has 0 heterocycles. The molecule has 1 N–H and O–H groups in total. The van der Waals surface area contributed by atoms with Crippen molar-refractivity contribution in [1.82, 2.24) is 5.32 Å². The maximum Gasteiger partial charge on any atom is 0.170 e. The lowest BCUT2D eigenvalue weighted by Gasteiger charge is -2.20. The Labute approximate surface area is 626 Å². The summed E-state index contributed by atoms with van der Waals surface area (Å²) < 4.78 is 26.8. The molecule has 0 aromatic rings. The molecule has 0 rings (SSSR count). The predicted molar refractivity (Wildman–Crippen MR) is 459 cm³/mol. The third-order valence-corrected chi connectivity index (χ3v) is 7.41. The Morgan fingerprint density at radius 2 is 0.596 bits per heavy atom. The SMILES string of the molecule is CC.CC.CC.CC.CC.CC.CC(C)(C)C/C=N\OC(C)(C)C.CC(C)(C)C/C=N\OC(C)(C)C.CC(C)(C)CN=COC(C)(C)C.CC(C)(C)CN=COC(C)(C)C.CC(C)(C)COC=NC(C)(C)C.CC(C)(C)N/C=C\OC(C)(C)C.CC(C)(C)N=CCOC(C)(C)C.CCC. The van der Waals surface area contributed by atoms with Crippen molar-refractivity contribution in [2.45, 2.75) is 457 Å². The van der Waals surface area contributed by atoms with E-state index in [2.05, 4.69) is 195 Å². The minimum Gasteiger partial charge on any atom is -0.494 e. The van der Waals surface area contributed by atoms with Crippen molar-refractivity contribution in [3.63, 3.8) is 0 Å². The average molecular weight is 1420 g/mol. The van der Waals surface area contributed by atoms with E-state index >= 15 is 0 Å². The molecule has 0 aliphatic heterocycles. The highest BCUT2D eigenvalue weighted by molar-refractivity contribution is 5.59. The molecule has 0 aromatic heterocycles. The van der Waals surface area contributed by atoms with Crippen LogP contribution >= 0.6 is 0 Å². The minimum absolute atomic E-state index is 0.0151. The first-order valence-electron chi connectivity index (χ1n) is 38.0. The van der Waals surface area contributed by atoms with E-state index in [0.717, 1.165) is 25.9 Å². The number of aliphatic imine (C=N–C) groups is 4. The van der Waals surface area contributed by atoms with Crippen LogP contribution in [-0.2, 0) is 33.4 Å². The molecule has 0 aromatic carbocycles. The molecule has 0 atom stereocenters. The first-order valence-corrected chi connectivity index (χ1v) is 38.0. The maximum absolute atomic E-state index is 5.48. The van der Waals surface area contributed by atoms with E-state index < -0.39 is 0 Å². The van der Waals surface area contributed by atoms with Crippen LogP contribution in [0.2, 0.25) is 0 Å². The predicted octanol–water partition coefficient (Wildman–Crippen LogP) is 28.0. The monoisotopic (exact) mass is 1420 g/mol. The Bertz CT molecular complexity index is 1460. The van der Waals surface area contributed by atoms with Gasteiger partial charge < -0.3 is 38.7 Å². The first-order chi connectivity index (χ1) is 43.9. The highest BCUT2D eigenvalue weighted by atomic mass is 16.7. The van der Waals surface area contributed by atoms with Gasteiger partial charge in [0.05, 0.1) is 41.8 Å². The summed E-state index contributed by atoms with van der Waals surface area (Å²) >= 11 is 0. The fraction of sp³-hybridized carbons (Fsp3) is 0.906. The second kappa shape index (κ2) is 68.7. The number of ether oxygens (including phenoxy) is 5. The molecular weight excluding hydrogens is 1230 g/mol. The van der Waals surface area contributed by atoms with E-state index in [-0.39, 0.29) is 66.5 Å². The lowest BCUT2D eigenvalue weighted by Crippen LogP contribution is -2.31. The summed E-state index contributed by atoms with van der Waals surface area (Å²) in [6.45, 7) is 118. The van der Waals surface area contributed by atoms with E-state index in [1.807, 2.05) is 253 Å². The number of hydrogen-bond acceptors (Lipinski definition) is 14. The molecule has 0 aliphatic rings. The molecule has 608 valence electrons. The van der Waals surface area contributed by atoms with Gasteiger partial charge in [-0.05, 0) is 227 Å². The highest BCUT2D eigenvalue weighted by Crippen LogP contribution is 2.19. The quantitative estimate of drug-likeness (QED) is 0.0781. The van der Waals surface area contributed by atoms with Gasteiger partial charge in [-0.15, -0.1) is 0 Å². The average Bonchev–Trinajstić information content (AvgIpc) is 2.86. The molecule has 0 unspecified atom stereocenters. The van der Waals surface area contributed by atoms with Crippen LogP contribution in [0.4, 0.5) is 0 Å². The molecule has 14 heteroatoms. The molecule has 0 spiro atoms. The van der Waals surface area contributed by atoms with Crippen molar-refractivity contribution >= 4 is 37.8 Å². The van der Waals surface area contributed by atoms with Crippen molar-refractivity contribution in [3.8, 4) is 0 Å². The van der Waals surface area contributed by atoms with Crippen LogP contribution in [0.15, 0.2) is 42.7 Å². The lowest BCUT2D eigenvalue weighted by molar-refractivity contribution is 0.00103. The van der Waals surface area contributed by atoms with Crippen molar-refractivity contribution in [3.05, 3.63) is 12.5 Å². The normalized spacial score (nSPS) is 12.3. The van der Waals surface area contributed by atoms with Crippen LogP contribution in [-0.4, -0.2) is 114 Å². The van der Waals surface area contributed by atoms with Crippen LogP contribution in [0.3, 0.4) is 0 Å². The number of nitrogens with one attached hydrogen (secondary N) is 1. The fourth-order valence-corrected chi connectivity index (χ4v) is 3.63. The molecule has 0 amide bonds. The van der Waals surface area contributed by atoms with Crippen molar-refractivity contribution in [2.24, 2.45) is 57.4 Å². The Kier molecular flexibility index (Phi) is 89.0. The van der Waals surface area contributed by atoms with Gasteiger partial charge in [-0.2, -0.15) is 0 Å². The molecule has 0 bridgehead atoms. The van der Waals surface area contributed by atoms with Gasteiger partial charge >= 0.3 is 0 Å². The molecule has 0 fully saturated rings. The molecule has 99 heavy (non-hydrogen) atoms. The van der Waals surface area contributed by atoms with Crippen molar-refractivity contribution in [2.75, 3.05) is 26.3 Å². The fourth-order valence-electron chi connectivity index (χ4n) is 3.63. The smallest absolute Gasteiger partial charge is 0.170 e. The molecule has 0 aliphatic carbocycles. The van der Waals surface area contributed by atoms with Gasteiger partial charge in [0.2, 0.25) is 0 Å². The zero-order valence-electron chi connectivity index (χ0n) is 78.6. The first kappa shape index (κ1) is 128. The third-order valence-electron chi connectivity index (χ3n) is 7.41. The van der Waals surface area contributed by atoms with Gasteiger partial charge in [0.1, 0.15) is 22.4 Å². The minimum atomic E-state index is -0.172. The van der Waals surface area contributed by atoms with E-state index in [0.29, 0.717) is 24.0 Å². The van der Waals surface area contributed by atoms with Crippen LogP contribution in [0.25, 0.3) is 0 Å². The maximum atomic E-state index is 5.48. The van der Waals surface area contributed by atoms with Gasteiger partial charge in [-0.25, -0.2) is 0 Å². The number of hydrogen-bond donors (Lipinski definition) is 1. The Morgan fingerprint density at radius 1 is 0.313 bits per heavy atom. The van der Waals surface area contributed by atoms with Gasteiger partial charge in [-0.3, -0.25) is 20.0 Å². The Morgan fingerprint density at radius 3 is 0.798 bits per heavy atom. The molecular formula is C85H191N7O7. The Balaban J connectivity index is -0.0000000685. The highest BCUT2D eigenvalue weighted by Gasteiger charge is 2.16. The van der Waals surface area contributed by atoms with E-state index in [1.165, 1.54) is 6.42 Å². The van der Waals surface area contributed by atoms with Crippen molar-refractivity contribution < 1.29 is 33.4 Å². The standard InChI is InChI=1S/7C10H21NO.C3H8.6C2H6/c1-9(2,3)7-12-8-11-10(4,5)6;2*1-9(2,3)7-11-8-12-10(4,5)6;2*1-9(2,3)11-7-8-12-10(4,5)6;2*1-9(2,3)7-8-11-12-10(4,5)6;1-3-2;6*1-2/h3*8H,7H2,1-6H3;7H,8H2,1-6H3;7-8,11H,1-6H3;2*8H,7H2,1-6H3;3H2,1-2H3;6*1-2H3/b;;;;8-7-;2*11-8-;;;;;;;. The van der Waals surface area contributed by atoms with E-state index in [9.17, 15) is 0 Å². The zero-order valence-corrected chi connectivity index (χ0v) is 78.6. The molecule has 0 saturated heterocycles. The summed E-state index contributed by atoms with van der Waals surface area (Å²) in [7, 11) is 0. The zero-order chi connectivity index (χ0) is 83.5. The van der Waals surface area contributed by atoms with Gasteiger partial charge in [0.15, 0.2) is 19.2 Å². The van der Waals surface area contributed by atoms with E-state index in [4.69, 9.17) is 33.4 Å². The molecule has 14 nitrogen and oxygen atoms in total. The summed E-state index contributed by atoms with van der Waals surface area (Å²) in [5.74, 6) is 0. The van der Waals surface area contributed by atoms with Gasteiger partial charge in [0, 0.05) is 43.5 Å². The number of oxime groups is 2. The second-order valence-electron chi connectivity index (χ2n) is 36.8. The van der Waals surface area contributed by atoms with Crippen LogP contribution in [0.5, 0.6) is 0 Å². The van der Waals surface area contributed by atoms with Crippen LogP contribution in [0.1, 0.15) is 407 Å². The Hall–Kier alpha value is -3.68. The number of rotatable bonds is 14. The molecule has 0 saturated carbocycles. The lowest BCUT2D eigenvalue weighted by atomic mass is 9.93. The summed E-state index contributed by atoms with van der Waals surface area (Å²) in [6.07, 6.45) is 16.9. The second-order valence-corrected chi connectivity index (χ2v) is 36.8. The van der Waals surface area contributed by atoms with Crippen LogP contribution in [0, 0.1) is 27.1 Å². The van der Waals surface area contributed by atoms with Crippen LogP contribution < -0.4 is 5.32 Å². The third kappa shape index (κ3) is 228. The summed E-state index contributed by atoms with van der Waals surface area (Å²) in [5, 5.41) is 11.0. The van der Waals surface area contributed by atoms with E-state index in [1.54, 1.807) is 25.5 Å². The summed E-state index contributed by atoms with van der Waals surface area (Å²) in [5.41, 5.74) is 0.636. The summed E-state index contributed by atoms with van der Waals surface area (Å²) in [6, 6.07) is 0. The van der Waals surface area contributed by atoms with Gasteiger partial charge in [0.25, 0.3) is 0 Å². The number of nitrogens with zero attached hydrogens (tertiary/aromatic N) is 6. The molecule has 0 radical (unpaired) electrons.